The summed E-state index contributed by atoms with van der Waals surface area (Å²) in [7, 11) is 0. The van der Waals surface area contributed by atoms with Crippen molar-refractivity contribution in [1.82, 2.24) is 0 Å². The predicted molar refractivity (Wildman–Crippen MR) is 60.9 cm³/mol. The summed E-state index contributed by atoms with van der Waals surface area (Å²) >= 11 is 0. The molecule has 2 rings (SSSR count). The van der Waals surface area contributed by atoms with Crippen LogP contribution in [0.25, 0.3) is 0 Å². The first-order chi connectivity index (χ1) is 8.85. The number of carboxylic acid groups (broad SMARTS) is 1. The summed E-state index contributed by atoms with van der Waals surface area (Å²) in [6, 6.07) is 4.80. The number of alkyl halides is 3. The number of carbonyl (C=O) groups is 1. The number of benzene rings is 1. The lowest BCUT2D eigenvalue weighted by Crippen LogP contribution is -2.47. The van der Waals surface area contributed by atoms with Crippen molar-refractivity contribution in [3.63, 3.8) is 0 Å². The Hall–Kier alpha value is -1.76. The van der Waals surface area contributed by atoms with Crippen molar-refractivity contribution in [2.24, 2.45) is 0 Å². The minimum atomic E-state index is -4.54. The van der Waals surface area contributed by atoms with Crippen LogP contribution in [0.4, 0.5) is 18.9 Å². The first-order valence-corrected chi connectivity index (χ1v) is 5.61. The molecule has 104 valence electrons. The van der Waals surface area contributed by atoms with Crippen molar-refractivity contribution < 1.29 is 27.8 Å². The molecule has 4 nitrogen and oxygen atoms in total. The second-order valence-electron chi connectivity index (χ2n) is 4.36. The van der Waals surface area contributed by atoms with Gasteiger partial charge in [0.25, 0.3) is 0 Å². The first-order valence-electron chi connectivity index (χ1n) is 5.61. The van der Waals surface area contributed by atoms with Gasteiger partial charge in [0.15, 0.2) is 5.54 Å². The molecule has 19 heavy (non-hydrogen) atoms. The number of hydrogen-bond donors (Lipinski definition) is 2. The van der Waals surface area contributed by atoms with E-state index in [9.17, 15) is 23.1 Å². The number of aliphatic carboxylic acids is 1. The molecule has 1 aromatic rings. The minimum absolute atomic E-state index is 0.120. The molecule has 1 fully saturated rings. The van der Waals surface area contributed by atoms with Crippen molar-refractivity contribution in [2.45, 2.75) is 18.1 Å². The normalized spacial score (nSPS) is 23.3. The van der Waals surface area contributed by atoms with Crippen molar-refractivity contribution in [3.8, 4) is 0 Å². The monoisotopic (exact) mass is 275 g/mol. The average Bonchev–Trinajstić information content (AvgIpc) is 2.78. The van der Waals surface area contributed by atoms with Crippen LogP contribution in [-0.2, 0) is 15.7 Å². The molecule has 0 bridgehead atoms. The Morgan fingerprint density at radius 1 is 1.37 bits per heavy atom. The van der Waals surface area contributed by atoms with Gasteiger partial charge in [0.1, 0.15) is 0 Å². The van der Waals surface area contributed by atoms with E-state index < -0.39 is 23.2 Å². The smallest absolute Gasteiger partial charge is 0.418 e. The molecule has 1 aliphatic heterocycles. The molecule has 0 aromatic heterocycles. The zero-order chi connectivity index (χ0) is 14.1. The van der Waals surface area contributed by atoms with E-state index in [4.69, 9.17) is 4.74 Å². The van der Waals surface area contributed by atoms with Crippen LogP contribution in [0.3, 0.4) is 0 Å². The molecule has 0 radical (unpaired) electrons. The molecule has 1 aromatic carbocycles. The third-order valence-electron chi connectivity index (χ3n) is 3.04. The highest BCUT2D eigenvalue weighted by Gasteiger charge is 2.44. The molecule has 1 aliphatic rings. The van der Waals surface area contributed by atoms with Gasteiger partial charge >= 0.3 is 12.1 Å². The topological polar surface area (TPSA) is 58.6 Å². The maximum atomic E-state index is 12.8. The summed E-state index contributed by atoms with van der Waals surface area (Å²) in [5.41, 5.74) is -2.63. The Labute approximate surface area is 107 Å². The first kappa shape index (κ1) is 13.7. The quantitative estimate of drug-likeness (QED) is 0.889. The number of anilines is 1. The highest BCUT2D eigenvalue weighted by atomic mass is 19.4. The van der Waals surface area contributed by atoms with Gasteiger partial charge in [-0.1, -0.05) is 12.1 Å². The molecular weight excluding hydrogens is 263 g/mol. The lowest BCUT2D eigenvalue weighted by molar-refractivity contribution is -0.143. The van der Waals surface area contributed by atoms with Crippen molar-refractivity contribution in [2.75, 3.05) is 18.5 Å². The van der Waals surface area contributed by atoms with Gasteiger partial charge in [0, 0.05) is 18.7 Å². The van der Waals surface area contributed by atoms with E-state index in [-0.39, 0.29) is 25.3 Å². The minimum Gasteiger partial charge on any atom is -0.479 e. The zero-order valence-corrected chi connectivity index (χ0v) is 9.83. The number of nitrogens with one attached hydrogen (secondary N) is 1. The van der Waals surface area contributed by atoms with Crippen LogP contribution in [0.15, 0.2) is 24.3 Å². The van der Waals surface area contributed by atoms with Gasteiger partial charge in [-0.15, -0.1) is 0 Å². The molecule has 1 atom stereocenters. The maximum absolute atomic E-state index is 12.8. The number of rotatable bonds is 3. The Bertz CT molecular complexity index is 481. The van der Waals surface area contributed by atoms with Gasteiger partial charge in [0.2, 0.25) is 0 Å². The molecule has 0 aliphatic carbocycles. The molecule has 2 N–H and O–H groups in total. The van der Waals surface area contributed by atoms with Gasteiger partial charge in [0.05, 0.1) is 12.2 Å². The fraction of sp³-hybridized carbons (Fsp3) is 0.417. The highest BCUT2D eigenvalue weighted by Crippen LogP contribution is 2.36. The molecular formula is C12H12F3NO3. The van der Waals surface area contributed by atoms with E-state index in [1.807, 2.05) is 0 Å². The lowest BCUT2D eigenvalue weighted by atomic mass is 9.97. The number of halogens is 3. The van der Waals surface area contributed by atoms with Gasteiger partial charge in [-0.05, 0) is 12.1 Å². The highest BCUT2D eigenvalue weighted by molar-refractivity contribution is 5.83. The maximum Gasteiger partial charge on any atom is 0.418 e. The van der Waals surface area contributed by atoms with Gasteiger partial charge in [-0.25, -0.2) is 4.79 Å². The number of para-hydroxylation sites is 1. The molecule has 7 heteroatoms. The lowest BCUT2D eigenvalue weighted by Gasteiger charge is -2.26. The van der Waals surface area contributed by atoms with Crippen LogP contribution in [0.2, 0.25) is 0 Å². The van der Waals surface area contributed by atoms with E-state index >= 15 is 0 Å². The van der Waals surface area contributed by atoms with E-state index in [0.29, 0.717) is 0 Å². The van der Waals surface area contributed by atoms with Gasteiger partial charge < -0.3 is 15.2 Å². The summed E-state index contributed by atoms with van der Waals surface area (Å²) in [5.74, 6) is -1.22. The van der Waals surface area contributed by atoms with E-state index in [1.54, 1.807) is 0 Å². The van der Waals surface area contributed by atoms with Crippen LogP contribution < -0.4 is 5.32 Å². The van der Waals surface area contributed by atoms with E-state index in [1.165, 1.54) is 18.2 Å². The average molecular weight is 275 g/mol. The molecule has 1 heterocycles. The van der Waals surface area contributed by atoms with Crippen LogP contribution in [0.5, 0.6) is 0 Å². The molecule has 0 amide bonds. The van der Waals surface area contributed by atoms with Crippen LogP contribution in [0, 0.1) is 0 Å². The second-order valence-corrected chi connectivity index (χ2v) is 4.36. The second kappa shape index (κ2) is 4.73. The van der Waals surface area contributed by atoms with Crippen molar-refractivity contribution in [1.29, 1.82) is 0 Å². The Morgan fingerprint density at radius 2 is 2.05 bits per heavy atom. The van der Waals surface area contributed by atoms with Gasteiger partial charge in [-0.2, -0.15) is 13.2 Å². The third kappa shape index (κ3) is 2.65. The summed E-state index contributed by atoms with van der Waals surface area (Å²) in [5, 5.41) is 11.7. The third-order valence-corrected chi connectivity index (χ3v) is 3.04. The van der Waals surface area contributed by atoms with Crippen LogP contribution in [0.1, 0.15) is 12.0 Å². The van der Waals surface area contributed by atoms with Crippen molar-refractivity contribution >= 4 is 11.7 Å². The Balaban J connectivity index is 2.35. The van der Waals surface area contributed by atoms with Gasteiger partial charge in [-0.3, -0.25) is 0 Å². The Morgan fingerprint density at radius 3 is 2.58 bits per heavy atom. The van der Waals surface area contributed by atoms with Crippen LogP contribution >= 0.6 is 0 Å². The standard InChI is InChI=1S/C12H12F3NO3/c13-12(14,15)8-3-1-2-4-9(8)16-11(10(17)18)5-6-19-7-11/h1-4,16H,5-7H2,(H,17,18). The number of carboxylic acids is 1. The van der Waals surface area contributed by atoms with Crippen molar-refractivity contribution in [3.05, 3.63) is 29.8 Å². The van der Waals surface area contributed by atoms with E-state index in [2.05, 4.69) is 5.32 Å². The van der Waals surface area contributed by atoms with E-state index in [0.717, 1.165) is 6.07 Å². The predicted octanol–water partition coefficient (Wildman–Crippen LogP) is 2.36. The molecule has 0 saturated carbocycles. The molecule has 1 saturated heterocycles. The SMILES string of the molecule is O=C(O)C1(Nc2ccccc2C(F)(F)F)CCOC1. The summed E-state index contributed by atoms with van der Waals surface area (Å²) in [6.45, 7) is 0.0437. The summed E-state index contributed by atoms with van der Waals surface area (Å²) < 4.78 is 43.5. The van der Waals surface area contributed by atoms with Crippen LogP contribution in [-0.4, -0.2) is 29.8 Å². The zero-order valence-electron chi connectivity index (χ0n) is 9.83. The molecule has 0 spiro atoms. The summed E-state index contributed by atoms with van der Waals surface area (Å²) in [6.07, 6.45) is -4.42. The fourth-order valence-corrected chi connectivity index (χ4v) is 1.98. The number of hydrogen-bond acceptors (Lipinski definition) is 3. The summed E-state index contributed by atoms with van der Waals surface area (Å²) in [4.78, 5) is 11.3. The largest absolute Gasteiger partial charge is 0.479 e. The fourth-order valence-electron chi connectivity index (χ4n) is 1.98. The molecule has 1 unspecified atom stereocenters. The number of ether oxygens (including phenoxy) is 1. The Kier molecular flexibility index (Phi) is 3.40.